The molecule has 0 spiro atoms. The van der Waals surface area contributed by atoms with Gasteiger partial charge in [0.1, 0.15) is 18.3 Å². The Morgan fingerprint density at radius 2 is 1.96 bits per heavy atom. The maximum Gasteiger partial charge on any atom is 0.336 e. The molecule has 1 aliphatic rings. The molecule has 5 unspecified atom stereocenters. The van der Waals surface area contributed by atoms with Gasteiger partial charge >= 0.3 is 5.97 Å². The van der Waals surface area contributed by atoms with E-state index in [1.165, 1.54) is 6.92 Å². The highest BCUT2D eigenvalue weighted by molar-refractivity contribution is 7.57. The highest BCUT2D eigenvalue weighted by Gasteiger charge is 2.54. The van der Waals surface area contributed by atoms with Crippen molar-refractivity contribution in [3.8, 4) is 0 Å². The summed E-state index contributed by atoms with van der Waals surface area (Å²) in [4.78, 5) is 34.8. The van der Waals surface area contributed by atoms with Crippen molar-refractivity contribution >= 4 is 26.0 Å². The number of carboxylic acids is 1. The standard InChI is InChI=1S/C15H26NO9P/c1-7(18)16-11-8(19)5-15(14(23)24,4-3-10(21)26-2)25-13(11)12(22)9(20)6-17/h8-9,11-13,17,19-20,22,26H,3-6H2,1-2H3,(H,16,18)(H,23,24)/t8?,9-,11?,12-,13?,15?/m1/s1. The molecular weight excluding hydrogens is 369 g/mol. The van der Waals surface area contributed by atoms with Gasteiger partial charge in [-0.1, -0.05) is 8.58 Å². The Labute approximate surface area is 152 Å². The summed E-state index contributed by atoms with van der Waals surface area (Å²) in [6.07, 6.45) is -7.09. The molecular formula is C15H26NO9P. The zero-order chi connectivity index (χ0) is 20.1. The first-order valence-corrected chi connectivity index (χ1v) is 9.62. The highest BCUT2D eigenvalue weighted by Crippen LogP contribution is 2.36. The lowest BCUT2D eigenvalue weighted by molar-refractivity contribution is -0.231. The topological polar surface area (TPSA) is 174 Å². The number of aliphatic hydroxyl groups is 4. The molecule has 1 amide bonds. The number of aliphatic hydroxyl groups excluding tert-OH is 4. The van der Waals surface area contributed by atoms with Crippen LogP contribution in [-0.2, 0) is 19.1 Å². The molecule has 7 atom stereocenters. The van der Waals surface area contributed by atoms with Crippen LogP contribution in [0.4, 0.5) is 0 Å². The monoisotopic (exact) mass is 395 g/mol. The minimum atomic E-state index is -1.97. The molecule has 0 bridgehead atoms. The third kappa shape index (κ3) is 5.42. The molecule has 11 heteroatoms. The average Bonchev–Trinajstić information content (AvgIpc) is 2.59. The summed E-state index contributed by atoms with van der Waals surface area (Å²) >= 11 is 0. The van der Waals surface area contributed by atoms with Crippen LogP contribution in [0.1, 0.15) is 26.2 Å². The van der Waals surface area contributed by atoms with Gasteiger partial charge in [-0.2, -0.15) is 0 Å². The van der Waals surface area contributed by atoms with E-state index in [1.54, 1.807) is 6.66 Å². The van der Waals surface area contributed by atoms with Crippen LogP contribution in [0.2, 0.25) is 0 Å². The van der Waals surface area contributed by atoms with E-state index in [2.05, 4.69) is 5.32 Å². The van der Waals surface area contributed by atoms with Crippen LogP contribution in [0.25, 0.3) is 0 Å². The number of ether oxygens (including phenoxy) is 1. The Morgan fingerprint density at radius 1 is 1.35 bits per heavy atom. The molecule has 10 nitrogen and oxygen atoms in total. The number of aliphatic carboxylic acids is 1. The lowest BCUT2D eigenvalue weighted by Gasteiger charge is -2.47. The van der Waals surface area contributed by atoms with Gasteiger partial charge in [-0.25, -0.2) is 4.79 Å². The fourth-order valence-electron chi connectivity index (χ4n) is 2.93. The van der Waals surface area contributed by atoms with Gasteiger partial charge in [-0.15, -0.1) is 0 Å². The third-order valence-corrected chi connectivity index (χ3v) is 5.19. The summed E-state index contributed by atoms with van der Waals surface area (Å²) in [5.41, 5.74) is -2.13. The van der Waals surface area contributed by atoms with E-state index in [9.17, 15) is 34.8 Å². The molecule has 1 fully saturated rings. The number of amides is 1. The summed E-state index contributed by atoms with van der Waals surface area (Å²) in [6, 6.07) is -1.19. The normalized spacial score (nSPS) is 31.5. The number of carbonyl (C=O) groups excluding carboxylic acids is 2. The molecule has 0 aromatic rings. The zero-order valence-corrected chi connectivity index (χ0v) is 15.6. The molecule has 26 heavy (non-hydrogen) atoms. The van der Waals surface area contributed by atoms with Gasteiger partial charge in [0.2, 0.25) is 5.91 Å². The van der Waals surface area contributed by atoms with Crippen LogP contribution < -0.4 is 5.32 Å². The van der Waals surface area contributed by atoms with Crippen molar-refractivity contribution in [1.82, 2.24) is 5.32 Å². The SMILES string of the molecule is CPC(=O)CCC1(C(=O)O)CC(O)C(NC(C)=O)C([C@H](O)[C@H](O)CO)O1. The molecule has 1 heterocycles. The quantitative estimate of drug-likeness (QED) is 0.237. The van der Waals surface area contributed by atoms with Crippen molar-refractivity contribution < 1.29 is 44.7 Å². The van der Waals surface area contributed by atoms with Crippen molar-refractivity contribution in [2.45, 2.75) is 62.2 Å². The third-order valence-electron chi connectivity index (χ3n) is 4.38. The predicted octanol–water partition coefficient (Wildman–Crippen LogP) is -2.21. The molecule has 1 aliphatic heterocycles. The number of rotatable bonds is 9. The predicted molar refractivity (Wildman–Crippen MR) is 91.0 cm³/mol. The van der Waals surface area contributed by atoms with Crippen LogP contribution in [0.15, 0.2) is 0 Å². The Kier molecular flexibility index (Phi) is 8.52. The van der Waals surface area contributed by atoms with Gasteiger partial charge in [0.05, 0.1) is 18.8 Å². The Morgan fingerprint density at radius 3 is 2.42 bits per heavy atom. The Balaban J connectivity index is 3.18. The second-order valence-corrected chi connectivity index (χ2v) is 7.35. The number of hydrogen-bond acceptors (Lipinski definition) is 8. The van der Waals surface area contributed by atoms with E-state index >= 15 is 0 Å². The largest absolute Gasteiger partial charge is 0.479 e. The summed E-state index contributed by atoms with van der Waals surface area (Å²) in [7, 11) is -0.0261. The minimum absolute atomic E-state index is 0.0261. The summed E-state index contributed by atoms with van der Waals surface area (Å²) in [5.74, 6) is -1.99. The second-order valence-electron chi connectivity index (χ2n) is 6.29. The van der Waals surface area contributed by atoms with Crippen molar-refractivity contribution in [2.75, 3.05) is 13.3 Å². The fourth-order valence-corrected chi connectivity index (χ4v) is 3.31. The van der Waals surface area contributed by atoms with Crippen molar-refractivity contribution in [3.05, 3.63) is 0 Å². The second kappa shape index (κ2) is 9.68. The van der Waals surface area contributed by atoms with Crippen molar-refractivity contribution in [2.24, 2.45) is 0 Å². The van der Waals surface area contributed by atoms with Crippen LogP contribution in [0.3, 0.4) is 0 Å². The van der Waals surface area contributed by atoms with Crippen molar-refractivity contribution in [3.63, 3.8) is 0 Å². The number of carbonyl (C=O) groups is 3. The molecule has 1 rings (SSSR count). The highest BCUT2D eigenvalue weighted by atomic mass is 31.1. The van der Waals surface area contributed by atoms with E-state index in [1.807, 2.05) is 0 Å². The zero-order valence-electron chi connectivity index (χ0n) is 14.6. The molecule has 0 saturated carbocycles. The summed E-state index contributed by atoms with van der Waals surface area (Å²) in [5, 5.41) is 51.4. The van der Waals surface area contributed by atoms with Gasteiger partial charge < -0.3 is 35.6 Å². The van der Waals surface area contributed by atoms with Crippen molar-refractivity contribution in [1.29, 1.82) is 0 Å². The van der Waals surface area contributed by atoms with Gasteiger partial charge in [0.25, 0.3) is 0 Å². The van der Waals surface area contributed by atoms with Gasteiger partial charge in [0.15, 0.2) is 11.1 Å². The molecule has 150 valence electrons. The molecule has 1 saturated heterocycles. The molecule has 0 aliphatic carbocycles. The lowest BCUT2D eigenvalue weighted by atomic mass is 9.81. The van der Waals surface area contributed by atoms with E-state index < -0.39 is 61.0 Å². The summed E-state index contributed by atoms with van der Waals surface area (Å²) < 4.78 is 5.55. The van der Waals surface area contributed by atoms with Crippen LogP contribution in [0, 0.1) is 0 Å². The van der Waals surface area contributed by atoms with E-state index in [0.717, 1.165) is 0 Å². The number of carboxylic acid groups (broad SMARTS) is 1. The van der Waals surface area contributed by atoms with Gasteiger partial charge in [-0.05, 0) is 13.1 Å². The lowest BCUT2D eigenvalue weighted by Crippen LogP contribution is -2.67. The Bertz CT molecular complexity index is 531. The van der Waals surface area contributed by atoms with Gasteiger partial charge in [0, 0.05) is 19.8 Å². The van der Waals surface area contributed by atoms with E-state index in [4.69, 9.17) is 9.84 Å². The van der Waals surface area contributed by atoms with Gasteiger partial charge in [-0.3, -0.25) is 9.59 Å². The smallest absolute Gasteiger partial charge is 0.336 e. The number of nitrogens with one attached hydrogen (secondary N) is 1. The maximum absolute atomic E-state index is 11.8. The molecule has 0 aromatic carbocycles. The first-order valence-electron chi connectivity index (χ1n) is 8.12. The average molecular weight is 395 g/mol. The Hall–Kier alpha value is -1.16. The summed E-state index contributed by atoms with van der Waals surface area (Å²) in [6.45, 7) is 1.99. The van der Waals surface area contributed by atoms with Crippen LogP contribution in [-0.4, -0.2) is 92.3 Å². The van der Waals surface area contributed by atoms with Crippen LogP contribution in [0.5, 0.6) is 0 Å². The van der Waals surface area contributed by atoms with E-state index in [0.29, 0.717) is 0 Å². The molecule has 6 N–H and O–H groups in total. The number of hydrogen-bond donors (Lipinski definition) is 6. The first-order chi connectivity index (χ1) is 12.1. The molecule has 0 radical (unpaired) electrons. The fraction of sp³-hybridized carbons (Fsp3) is 0.800. The first kappa shape index (κ1) is 22.9. The maximum atomic E-state index is 11.8. The van der Waals surface area contributed by atoms with Crippen LogP contribution >= 0.6 is 8.58 Å². The van der Waals surface area contributed by atoms with E-state index in [-0.39, 0.29) is 26.9 Å². The minimum Gasteiger partial charge on any atom is -0.479 e. The molecule has 0 aromatic heterocycles.